The van der Waals surface area contributed by atoms with Crippen molar-refractivity contribution in [3.63, 3.8) is 0 Å². The van der Waals surface area contributed by atoms with Gasteiger partial charge in [-0.2, -0.15) is 11.8 Å². The minimum Gasteiger partial charge on any atom is -0.338 e. The van der Waals surface area contributed by atoms with Gasteiger partial charge in [-0.1, -0.05) is 0 Å². The van der Waals surface area contributed by atoms with Gasteiger partial charge in [-0.15, -0.1) is 0 Å². The monoisotopic (exact) mass is 186 g/mol. The van der Waals surface area contributed by atoms with Gasteiger partial charge in [0.05, 0.1) is 0 Å². The minimum absolute atomic E-state index is 0.255. The Balaban J connectivity index is 1.93. The molecule has 0 spiro atoms. The molecule has 0 aliphatic carbocycles. The van der Waals surface area contributed by atoms with Gasteiger partial charge in [0.25, 0.3) is 0 Å². The molecule has 2 aliphatic rings. The molecule has 3 nitrogen and oxygen atoms in total. The molecule has 2 heterocycles. The van der Waals surface area contributed by atoms with Crippen LogP contribution in [-0.2, 0) is 4.79 Å². The van der Waals surface area contributed by atoms with E-state index in [0.29, 0.717) is 19.0 Å². The molecule has 12 heavy (non-hydrogen) atoms. The Bertz CT molecular complexity index is 197. The van der Waals surface area contributed by atoms with Gasteiger partial charge >= 0.3 is 0 Å². The van der Waals surface area contributed by atoms with E-state index < -0.39 is 0 Å². The van der Waals surface area contributed by atoms with E-state index >= 15 is 0 Å². The summed E-state index contributed by atoms with van der Waals surface area (Å²) in [7, 11) is 0. The number of amides is 1. The first kappa shape index (κ1) is 8.38. The van der Waals surface area contributed by atoms with Crippen molar-refractivity contribution in [3.05, 3.63) is 0 Å². The normalized spacial score (nSPS) is 32.9. The first-order valence-electron chi connectivity index (χ1n) is 4.42. The van der Waals surface area contributed by atoms with Gasteiger partial charge in [0.2, 0.25) is 5.91 Å². The van der Waals surface area contributed by atoms with Crippen LogP contribution in [0.1, 0.15) is 12.8 Å². The molecule has 1 amide bonds. The summed E-state index contributed by atoms with van der Waals surface area (Å²) >= 11 is 2.01. The predicted octanol–water partition coefficient (Wildman–Crippen LogP) is 0.0515. The largest absolute Gasteiger partial charge is 0.338 e. The van der Waals surface area contributed by atoms with Crippen LogP contribution >= 0.6 is 11.8 Å². The smallest absolute Gasteiger partial charge is 0.224 e. The Hall–Kier alpha value is -0.220. The van der Waals surface area contributed by atoms with Crippen LogP contribution in [0.15, 0.2) is 0 Å². The van der Waals surface area contributed by atoms with E-state index in [9.17, 15) is 4.79 Å². The molecule has 2 N–H and O–H groups in total. The number of nitrogens with zero attached hydrogens (tertiary/aromatic N) is 1. The topological polar surface area (TPSA) is 46.3 Å². The number of carbonyl (C=O) groups is 1. The molecule has 0 aromatic heterocycles. The summed E-state index contributed by atoms with van der Waals surface area (Å²) in [6.07, 6.45) is 1.73. The van der Waals surface area contributed by atoms with Gasteiger partial charge in [0.15, 0.2) is 0 Å². The predicted molar refractivity (Wildman–Crippen MR) is 50.0 cm³/mol. The fraction of sp³-hybridized carbons (Fsp3) is 0.875. The fourth-order valence-electron chi connectivity index (χ4n) is 1.97. The zero-order chi connectivity index (χ0) is 8.55. The third kappa shape index (κ3) is 1.33. The van der Waals surface area contributed by atoms with Crippen LogP contribution in [0.5, 0.6) is 0 Å². The van der Waals surface area contributed by atoms with Crippen molar-refractivity contribution in [1.82, 2.24) is 4.90 Å². The van der Waals surface area contributed by atoms with Crippen LogP contribution in [0.4, 0.5) is 0 Å². The molecule has 0 aromatic carbocycles. The van der Waals surface area contributed by atoms with Crippen molar-refractivity contribution in [2.75, 3.05) is 18.8 Å². The van der Waals surface area contributed by atoms with Crippen molar-refractivity contribution in [3.8, 4) is 0 Å². The first-order valence-corrected chi connectivity index (χ1v) is 5.47. The summed E-state index contributed by atoms with van der Waals surface area (Å²) in [5, 5.41) is 0.719. The molecule has 2 rings (SSSR count). The van der Waals surface area contributed by atoms with Crippen molar-refractivity contribution >= 4 is 17.7 Å². The highest BCUT2D eigenvalue weighted by Gasteiger charge is 2.40. The van der Waals surface area contributed by atoms with E-state index in [0.717, 1.165) is 17.5 Å². The van der Waals surface area contributed by atoms with Gasteiger partial charge in [-0.3, -0.25) is 4.79 Å². The Morgan fingerprint density at radius 2 is 2.50 bits per heavy atom. The summed E-state index contributed by atoms with van der Waals surface area (Å²) in [5.41, 5.74) is 5.34. The van der Waals surface area contributed by atoms with Crippen molar-refractivity contribution in [2.24, 2.45) is 5.73 Å². The lowest BCUT2D eigenvalue weighted by Gasteiger charge is -2.26. The molecule has 0 saturated carbocycles. The molecule has 0 radical (unpaired) electrons. The number of hydrogen-bond donors (Lipinski definition) is 1. The lowest BCUT2D eigenvalue weighted by atomic mass is 10.2. The highest BCUT2D eigenvalue weighted by atomic mass is 32.2. The second kappa shape index (κ2) is 3.26. The van der Waals surface area contributed by atoms with E-state index in [1.54, 1.807) is 0 Å². The summed E-state index contributed by atoms with van der Waals surface area (Å²) in [6, 6.07) is 0.527. The molecule has 4 heteroatoms. The number of likely N-dealkylation sites (tertiary alicyclic amines) is 1. The SMILES string of the molecule is NCCC(=O)N1CC2CC1CS2. The summed E-state index contributed by atoms with van der Waals surface area (Å²) < 4.78 is 0. The molecule has 68 valence electrons. The number of hydrogen-bond acceptors (Lipinski definition) is 3. The Labute approximate surface area is 76.7 Å². The van der Waals surface area contributed by atoms with Crippen LogP contribution in [-0.4, -0.2) is 40.9 Å². The van der Waals surface area contributed by atoms with Gasteiger partial charge in [-0.05, 0) is 6.42 Å². The number of nitrogens with two attached hydrogens (primary N) is 1. The standard InChI is InChI=1S/C8H14N2OS/c9-2-1-8(11)10-4-7-3-6(10)5-12-7/h6-7H,1-5,9H2. The minimum atomic E-state index is 0.255. The van der Waals surface area contributed by atoms with Crippen molar-refractivity contribution in [2.45, 2.75) is 24.1 Å². The third-order valence-corrected chi connectivity index (χ3v) is 3.97. The Morgan fingerprint density at radius 1 is 1.67 bits per heavy atom. The van der Waals surface area contributed by atoms with Gasteiger partial charge < -0.3 is 10.6 Å². The Morgan fingerprint density at radius 3 is 3.00 bits per heavy atom. The fourth-order valence-corrected chi connectivity index (χ4v) is 3.41. The molecular weight excluding hydrogens is 172 g/mol. The van der Waals surface area contributed by atoms with E-state index in [1.165, 1.54) is 6.42 Å². The number of carbonyl (C=O) groups excluding carboxylic acids is 1. The maximum atomic E-state index is 11.5. The zero-order valence-electron chi connectivity index (χ0n) is 7.03. The second-order valence-corrected chi connectivity index (χ2v) is 4.76. The number of thioether (sulfide) groups is 1. The molecule has 2 fully saturated rings. The molecule has 0 aromatic rings. The average Bonchev–Trinajstić information content (AvgIpc) is 2.64. The van der Waals surface area contributed by atoms with E-state index in [1.807, 2.05) is 16.7 Å². The van der Waals surface area contributed by atoms with Crippen LogP contribution in [0, 0.1) is 0 Å². The molecule has 2 saturated heterocycles. The van der Waals surface area contributed by atoms with Crippen LogP contribution in [0.25, 0.3) is 0 Å². The quantitative estimate of drug-likeness (QED) is 0.663. The third-order valence-electron chi connectivity index (χ3n) is 2.58. The second-order valence-electron chi connectivity index (χ2n) is 3.43. The van der Waals surface area contributed by atoms with Crippen LogP contribution in [0.2, 0.25) is 0 Å². The average molecular weight is 186 g/mol. The molecule has 2 aliphatic heterocycles. The number of fused-ring (bicyclic) bond motifs is 2. The van der Waals surface area contributed by atoms with Crippen LogP contribution < -0.4 is 5.73 Å². The number of rotatable bonds is 2. The summed E-state index contributed by atoms with van der Waals surface area (Å²) in [6.45, 7) is 1.45. The van der Waals surface area contributed by atoms with Crippen molar-refractivity contribution < 1.29 is 4.79 Å². The van der Waals surface area contributed by atoms with E-state index in [2.05, 4.69) is 0 Å². The highest BCUT2D eigenvalue weighted by molar-refractivity contribution is 8.00. The molecule has 2 bridgehead atoms. The first-order chi connectivity index (χ1) is 5.81. The Kier molecular flexibility index (Phi) is 2.28. The maximum absolute atomic E-state index is 11.5. The van der Waals surface area contributed by atoms with Gasteiger partial charge in [0.1, 0.15) is 0 Å². The van der Waals surface area contributed by atoms with Gasteiger partial charge in [0, 0.05) is 36.6 Å². The lowest BCUT2D eigenvalue weighted by molar-refractivity contribution is -0.131. The van der Waals surface area contributed by atoms with Crippen LogP contribution in [0.3, 0.4) is 0 Å². The highest BCUT2D eigenvalue weighted by Crippen LogP contribution is 2.37. The zero-order valence-corrected chi connectivity index (χ0v) is 7.85. The molecular formula is C8H14N2OS. The summed E-state index contributed by atoms with van der Waals surface area (Å²) in [4.78, 5) is 13.5. The van der Waals surface area contributed by atoms with Gasteiger partial charge in [-0.25, -0.2) is 0 Å². The van der Waals surface area contributed by atoms with E-state index in [4.69, 9.17) is 5.73 Å². The maximum Gasteiger partial charge on any atom is 0.224 e. The lowest BCUT2D eigenvalue weighted by Crippen LogP contribution is -2.39. The summed E-state index contributed by atoms with van der Waals surface area (Å²) in [5.74, 6) is 1.39. The van der Waals surface area contributed by atoms with E-state index in [-0.39, 0.29) is 5.91 Å². The molecule has 2 unspecified atom stereocenters. The van der Waals surface area contributed by atoms with Crippen molar-refractivity contribution in [1.29, 1.82) is 0 Å². The molecule has 2 atom stereocenters.